The van der Waals surface area contributed by atoms with Gasteiger partial charge in [0.25, 0.3) is 0 Å². The number of hydrogen-bond acceptors (Lipinski definition) is 4. The Labute approximate surface area is 88.0 Å². The lowest BCUT2D eigenvalue weighted by atomic mass is 9.96. The van der Waals surface area contributed by atoms with E-state index in [0.29, 0.717) is 0 Å². The summed E-state index contributed by atoms with van der Waals surface area (Å²) in [6.45, 7) is 1.65. The molecule has 2 heterocycles. The van der Waals surface area contributed by atoms with Crippen LogP contribution >= 0.6 is 0 Å². The first-order chi connectivity index (χ1) is 7.16. The van der Waals surface area contributed by atoms with Gasteiger partial charge in [0.05, 0.1) is 6.20 Å². The standard InChI is InChI=1S/C9H15N5O/c1-13-11-6-8(12-13)14-4-2-7(3-5-14)9(10)15/h6-7H,2-5H2,1H3,(H2,10,15). The summed E-state index contributed by atoms with van der Waals surface area (Å²) in [7, 11) is 1.79. The highest BCUT2D eigenvalue weighted by atomic mass is 16.1. The zero-order chi connectivity index (χ0) is 10.8. The maximum Gasteiger partial charge on any atom is 0.220 e. The van der Waals surface area contributed by atoms with Gasteiger partial charge in [-0.25, -0.2) is 0 Å². The average molecular weight is 209 g/mol. The van der Waals surface area contributed by atoms with E-state index in [-0.39, 0.29) is 11.8 Å². The molecule has 0 radical (unpaired) electrons. The Morgan fingerprint density at radius 3 is 2.67 bits per heavy atom. The second-order valence-electron chi connectivity index (χ2n) is 3.86. The first-order valence-electron chi connectivity index (χ1n) is 5.07. The molecule has 1 fully saturated rings. The van der Waals surface area contributed by atoms with Gasteiger partial charge >= 0.3 is 0 Å². The number of carbonyl (C=O) groups excluding carboxylic acids is 1. The molecule has 6 nitrogen and oxygen atoms in total. The maximum absolute atomic E-state index is 11.0. The van der Waals surface area contributed by atoms with Gasteiger partial charge in [-0.15, -0.1) is 5.10 Å². The lowest BCUT2D eigenvalue weighted by molar-refractivity contribution is -0.122. The summed E-state index contributed by atoms with van der Waals surface area (Å²) in [5, 5.41) is 8.24. The summed E-state index contributed by atoms with van der Waals surface area (Å²) in [6.07, 6.45) is 3.36. The van der Waals surface area contributed by atoms with E-state index in [1.165, 1.54) is 4.80 Å². The van der Waals surface area contributed by atoms with E-state index >= 15 is 0 Å². The Balaban J connectivity index is 1.96. The SMILES string of the molecule is Cn1ncc(N2CCC(C(N)=O)CC2)n1. The normalized spacial score (nSPS) is 18.1. The number of aromatic nitrogens is 3. The molecule has 15 heavy (non-hydrogen) atoms. The lowest BCUT2D eigenvalue weighted by Crippen LogP contribution is -2.38. The molecular formula is C9H15N5O. The van der Waals surface area contributed by atoms with E-state index in [1.54, 1.807) is 13.2 Å². The van der Waals surface area contributed by atoms with Crippen molar-refractivity contribution in [3.63, 3.8) is 0 Å². The number of nitrogens with two attached hydrogens (primary N) is 1. The number of rotatable bonds is 2. The summed E-state index contributed by atoms with van der Waals surface area (Å²) in [4.78, 5) is 14.6. The largest absolute Gasteiger partial charge is 0.369 e. The zero-order valence-corrected chi connectivity index (χ0v) is 8.76. The van der Waals surface area contributed by atoms with Gasteiger partial charge < -0.3 is 10.6 Å². The molecule has 0 saturated carbocycles. The van der Waals surface area contributed by atoms with Crippen LogP contribution in [-0.4, -0.2) is 34.0 Å². The maximum atomic E-state index is 11.0. The number of piperidine rings is 1. The average Bonchev–Trinajstić information content (AvgIpc) is 2.65. The molecule has 0 unspecified atom stereocenters. The number of anilines is 1. The third-order valence-electron chi connectivity index (χ3n) is 2.81. The van der Waals surface area contributed by atoms with E-state index in [2.05, 4.69) is 15.1 Å². The Morgan fingerprint density at radius 1 is 1.53 bits per heavy atom. The molecule has 1 aliphatic rings. The van der Waals surface area contributed by atoms with E-state index in [0.717, 1.165) is 31.7 Å². The van der Waals surface area contributed by atoms with Crippen LogP contribution in [0.2, 0.25) is 0 Å². The van der Waals surface area contributed by atoms with E-state index in [1.807, 2.05) is 0 Å². The summed E-state index contributed by atoms with van der Waals surface area (Å²) in [5.41, 5.74) is 5.27. The molecule has 1 amide bonds. The lowest BCUT2D eigenvalue weighted by Gasteiger charge is -2.30. The molecule has 82 valence electrons. The van der Waals surface area contributed by atoms with Gasteiger partial charge in [-0.1, -0.05) is 0 Å². The highest BCUT2D eigenvalue weighted by Crippen LogP contribution is 2.20. The predicted molar refractivity (Wildman–Crippen MR) is 55.1 cm³/mol. The van der Waals surface area contributed by atoms with Crippen molar-refractivity contribution in [2.75, 3.05) is 18.0 Å². The van der Waals surface area contributed by atoms with Crippen LogP contribution in [0.4, 0.5) is 5.82 Å². The smallest absolute Gasteiger partial charge is 0.220 e. The minimum absolute atomic E-state index is 0.0259. The van der Waals surface area contributed by atoms with Gasteiger partial charge in [-0.05, 0) is 12.8 Å². The molecule has 1 aromatic rings. The fraction of sp³-hybridized carbons (Fsp3) is 0.667. The molecular weight excluding hydrogens is 194 g/mol. The summed E-state index contributed by atoms with van der Waals surface area (Å²) < 4.78 is 0. The zero-order valence-electron chi connectivity index (χ0n) is 8.76. The van der Waals surface area contributed by atoms with Crippen LogP contribution in [0, 0.1) is 5.92 Å². The summed E-state index contributed by atoms with van der Waals surface area (Å²) in [6, 6.07) is 0. The Hall–Kier alpha value is -1.59. The van der Waals surface area contributed by atoms with Crippen molar-refractivity contribution >= 4 is 11.7 Å². The highest BCUT2D eigenvalue weighted by molar-refractivity contribution is 5.76. The molecule has 1 saturated heterocycles. The molecule has 0 aliphatic carbocycles. The van der Waals surface area contributed by atoms with Crippen LogP contribution in [-0.2, 0) is 11.8 Å². The number of nitrogens with zero attached hydrogens (tertiary/aromatic N) is 4. The van der Waals surface area contributed by atoms with Gasteiger partial charge in [0.1, 0.15) is 0 Å². The highest BCUT2D eigenvalue weighted by Gasteiger charge is 2.24. The monoisotopic (exact) mass is 209 g/mol. The van der Waals surface area contributed by atoms with Crippen molar-refractivity contribution in [1.82, 2.24) is 15.0 Å². The molecule has 6 heteroatoms. The minimum atomic E-state index is -0.186. The second kappa shape index (κ2) is 3.88. The second-order valence-corrected chi connectivity index (χ2v) is 3.86. The van der Waals surface area contributed by atoms with E-state index in [9.17, 15) is 4.79 Å². The van der Waals surface area contributed by atoms with Gasteiger partial charge in [0, 0.05) is 26.1 Å². The van der Waals surface area contributed by atoms with Crippen LogP contribution in [0.5, 0.6) is 0 Å². The first kappa shape index (κ1) is 9.95. The van der Waals surface area contributed by atoms with Crippen LogP contribution in [0.15, 0.2) is 6.20 Å². The van der Waals surface area contributed by atoms with Crippen molar-refractivity contribution < 1.29 is 4.79 Å². The molecule has 0 aromatic carbocycles. The minimum Gasteiger partial charge on any atom is -0.369 e. The van der Waals surface area contributed by atoms with Crippen molar-refractivity contribution in [3.05, 3.63) is 6.20 Å². The quantitative estimate of drug-likeness (QED) is 0.713. The van der Waals surface area contributed by atoms with Crippen molar-refractivity contribution in [3.8, 4) is 0 Å². The molecule has 2 rings (SSSR count). The summed E-state index contributed by atoms with van der Waals surface area (Å²) >= 11 is 0. The fourth-order valence-electron chi connectivity index (χ4n) is 1.87. The third-order valence-corrected chi connectivity index (χ3v) is 2.81. The van der Waals surface area contributed by atoms with Gasteiger partial charge in [0.2, 0.25) is 5.91 Å². The molecule has 0 atom stereocenters. The number of amides is 1. The van der Waals surface area contributed by atoms with Crippen LogP contribution in [0.1, 0.15) is 12.8 Å². The van der Waals surface area contributed by atoms with Crippen LogP contribution < -0.4 is 10.6 Å². The van der Waals surface area contributed by atoms with Crippen molar-refractivity contribution in [2.24, 2.45) is 18.7 Å². The van der Waals surface area contributed by atoms with Gasteiger partial charge in [0.15, 0.2) is 5.82 Å². The molecule has 0 spiro atoms. The van der Waals surface area contributed by atoms with E-state index < -0.39 is 0 Å². The number of hydrogen-bond donors (Lipinski definition) is 1. The Kier molecular flexibility index (Phi) is 2.57. The number of primary amides is 1. The Morgan fingerprint density at radius 2 is 2.20 bits per heavy atom. The van der Waals surface area contributed by atoms with E-state index in [4.69, 9.17) is 5.73 Å². The summed E-state index contributed by atoms with van der Waals surface area (Å²) in [5.74, 6) is 0.715. The van der Waals surface area contributed by atoms with Crippen LogP contribution in [0.3, 0.4) is 0 Å². The van der Waals surface area contributed by atoms with Gasteiger partial charge in [-0.2, -0.15) is 9.90 Å². The molecule has 0 bridgehead atoms. The fourth-order valence-corrected chi connectivity index (χ4v) is 1.87. The Bertz CT molecular complexity index is 353. The molecule has 1 aromatic heterocycles. The van der Waals surface area contributed by atoms with Crippen molar-refractivity contribution in [2.45, 2.75) is 12.8 Å². The molecule has 1 aliphatic heterocycles. The predicted octanol–water partition coefficient (Wildman–Crippen LogP) is -0.483. The topological polar surface area (TPSA) is 77.0 Å². The third kappa shape index (κ3) is 2.08. The molecule has 2 N–H and O–H groups in total. The van der Waals surface area contributed by atoms with Gasteiger partial charge in [-0.3, -0.25) is 4.79 Å². The first-order valence-corrected chi connectivity index (χ1v) is 5.07. The van der Waals surface area contributed by atoms with Crippen molar-refractivity contribution in [1.29, 1.82) is 0 Å². The number of aryl methyl sites for hydroxylation is 1. The number of carbonyl (C=O) groups is 1. The van der Waals surface area contributed by atoms with Crippen LogP contribution in [0.25, 0.3) is 0 Å².